The summed E-state index contributed by atoms with van der Waals surface area (Å²) in [6.07, 6.45) is 3.09. The molecule has 1 atom stereocenters. The molecular formula is C22H24N4O. The number of carbonyl (C=O) groups is 1. The number of benzene rings is 2. The van der Waals surface area contributed by atoms with Gasteiger partial charge in [0.25, 0.3) is 5.91 Å². The minimum absolute atomic E-state index is 0.0729. The van der Waals surface area contributed by atoms with Crippen LogP contribution in [0.4, 0.5) is 11.6 Å². The molecule has 1 heterocycles. The van der Waals surface area contributed by atoms with E-state index in [1.54, 1.807) is 12.4 Å². The van der Waals surface area contributed by atoms with E-state index < -0.39 is 0 Å². The summed E-state index contributed by atoms with van der Waals surface area (Å²) in [5.41, 5.74) is 5.66. The molecule has 0 aliphatic carbocycles. The molecule has 0 radical (unpaired) electrons. The summed E-state index contributed by atoms with van der Waals surface area (Å²) in [6, 6.07) is 14.3. The Labute approximate surface area is 159 Å². The zero-order valence-corrected chi connectivity index (χ0v) is 16.1. The standard InChI is InChI=1S/C22H24N4O/c1-14-10-15(2)20(16(3)11-14)26-21(27)19-12-23-22(24-13-19)25-17(4)18-8-6-5-7-9-18/h5-13,17H,1-4H3,(H,26,27)(H,23,24,25). The molecule has 0 aliphatic rings. The van der Waals surface area contributed by atoms with E-state index in [1.807, 2.05) is 58.0 Å². The van der Waals surface area contributed by atoms with Gasteiger partial charge in [0.1, 0.15) is 0 Å². The van der Waals surface area contributed by atoms with Gasteiger partial charge in [0.15, 0.2) is 0 Å². The third-order valence-electron chi connectivity index (χ3n) is 4.47. The number of carbonyl (C=O) groups excluding carboxylic acids is 1. The van der Waals surface area contributed by atoms with Crippen molar-refractivity contribution in [2.45, 2.75) is 33.7 Å². The smallest absolute Gasteiger partial charge is 0.258 e. The number of amides is 1. The minimum Gasteiger partial charge on any atom is -0.348 e. The van der Waals surface area contributed by atoms with Crippen LogP contribution in [-0.4, -0.2) is 15.9 Å². The summed E-state index contributed by atoms with van der Waals surface area (Å²) in [7, 11) is 0. The molecular weight excluding hydrogens is 336 g/mol. The fourth-order valence-electron chi connectivity index (χ4n) is 3.10. The van der Waals surface area contributed by atoms with E-state index in [1.165, 1.54) is 5.56 Å². The van der Waals surface area contributed by atoms with Gasteiger partial charge in [-0.1, -0.05) is 48.0 Å². The van der Waals surface area contributed by atoms with Gasteiger partial charge in [0, 0.05) is 18.1 Å². The first kappa shape index (κ1) is 18.6. The maximum atomic E-state index is 12.5. The third-order valence-corrected chi connectivity index (χ3v) is 4.47. The summed E-state index contributed by atoms with van der Waals surface area (Å²) < 4.78 is 0. The zero-order chi connectivity index (χ0) is 19.4. The van der Waals surface area contributed by atoms with Crippen molar-refractivity contribution in [2.75, 3.05) is 10.6 Å². The normalized spacial score (nSPS) is 11.7. The zero-order valence-electron chi connectivity index (χ0n) is 16.1. The second kappa shape index (κ2) is 7.99. The summed E-state index contributed by atoms with van der Waals surface area (Å²) in [5, 5.41) is 6.21. The monoisotopic (exact) mass is 360 g/mol. The van der Waals surface area contributed by atoms with Gasteiger partial charge in [0.2, 0.25) is 5.95 Å². The molecule has 1 aromatic heterocycles. The summed E-state index contributed by atoms with van der Waals surface area (Å²) >= 11 is 0. The second-order valence-electron chi connectivity index (χ2n) is 6.80. The van der Waals surface area contributed by atoms with Crippen LogP contribution >= 0.6 is 0 Å². The van der Waals surface area contributed by atoms with Gasteiger partial charge >= 0.3 is 0 Å². The highest BCUT2D eigenvalue weighted by molar-refractivity contribution is 6.04. The Hall–Kier alpha value is -3.21. The Kier molecular flexibility index (Phi) is 5.50. The molecule has 138 valence electrons. The van der Waals surface area contributed by atoms with Gasteiger partial charge in [0.05, 0.1) is 11.6 Å². The number of nitrogens with one attached hydrogen (secondary N) is 2. The number of hydrogen-bond donors (Lipinski definition) is 2. The molecule has 0 saturated carbocycles. The molecule has 1 unspecified atom stereocenters. The molecule has 3 aromatic rings. The van der Waals surface area contributed by atoms with Crippen molar-refractivity contribution in [3.8, 4) is 0 Å². The Balaban J connectivity index is 1.69. The van der Waals surface area contributed by atoms with E-state index in [4.69, 9.17) is 0 Å². The van der Waals surface area contributed by atoms with Crippen LogP contribution in [0.3, 0.4) is 0 Å². The van der Waals surface area contributed by atoms with Crippen molar-refractivity contribution in [1.82, 2.24) is 9.97 Å². The molecule has 5 heteroatoms. The third kappa shape index (κ3) is 4.50. The highest BCUT2D eigenvalue weighted by Crippen LogP contribution is 2.22. The van der Waals surface area contributed by atoms with Crippen molar-refractivity contribution < 1.29 is 4.79 Å². The molecule has 2 N–H and O–H groups in total. The number of aryl methyl sites for hydroxylation is 3. The van der Waals surface area contributed by atoms with E-state index in [0.29, 0.717) is 11.5 Å². The van der Waals surface area contributed by atoms with Gasteiger partial charge < -0.3 is 10.6 Å². The first-order chi connectivity index (χ1) is 12.9. The number of aromatic nitrogens is 2. The van der Waals surface area contributed by atoms with Gasteiger partial charge in [-0.2, -0.15) is 0 Å². The van der Waals surface area contributed by atoms with Gasteiger partial charge in [-0.25, -0.2) is 9.97 Å². The lowest BCUT2D eigenvalue weighted by Gasteiger charge is -2.15. The van der Waals surface area contributed by atoms with Gasteiger partial charge in [-0.3, -0.25) is 4.79 Å². The predicted molar refractivity (Wildman–Crippen MR) is 109 cm³/mol. The van der Waals surface area contributed by atoms with E-state index >= 15 is 0 Å². The van der Waals surface area contributed by atoms with Crippen LogP contribution in [0.25, 0.3) is 0 Å². The molecule has 5 nitrogen and oxygen atoms in total. The van der Waals surface area contributed by atoms with Crippen LogP contribution in [0.15, 0.2) is 54.9 Å². The molecule has 2 aromatic carbocycles. The minimum atomic E-state index is -0.215. The molecule has 0 bridgehead atoms. The summed E-state index contributed by atoms with van der Waals surface area (Å²) in [4.78, 5) is 21.1. The largest absolute Gasteiger partial charge is 0.348 e. The van der Waals surface area contributed by atoms with Crippen LogP contribution in [0.1, 0.15) is 45.6 Å². The average molecular weight is 360 g/mol. The van der Waals surface area contributed by atoms with E-state index in [2.05, 4.69) is 32.7 Å². The predicted octanol–water partition coefficient (Wildman–Crippen LogP) is 4.83. The van der Waals surface area contributed by atoms with Crippen LogP contribution < -0.4 is 10.6 Å². The molecule has 0 saturated heterocycles. The Morgan fingerprint density at radius 3 is 2.15 bits per heavy atom. The lowest BCUT2D eigenvalue weighted by Crippen LogP contribution is -2.15. The van der Waals surface area contributed by atoms with Crippen molar-refractivity contribution in [1.29, 1.82) is 0 Å². The Bertz CT molecular complexity index is 913. The quantitative estimate of drug-likeness (QED) is 0.684. The fourth-order valence-corrected chi connectivity index (χ4v) is 3.10. The molecule has 0 spiro atoms. The molecule has 27 heavy (non-hydrogen) atoms. The maximum Gasteiger partial charge on any atom is 0.258 e. The van der Waals surface area contributed by atoms with Crippen molar-refractivity contribution in [3.63, 3.8) is 0 Å². The maximum absolute atomic E-state index is 12.5. The number of anilines is 2. The van der Waals surface area contributed by atoms with Gasteiger partial charge in [-0.05, 0) is 44.4 Å². The van der Waals surface area contributed by atoms with E-state index in [0.717, 1.165) is 22.4 Å². The number of nitrogens with zero attached hydrogens (tertiary/aromatic N) is 2. The second-order valence-corrected chi connectivity index (χ2v) is 6.80. The number of hydrogen-bond acceptors (Lipinski definition) is 4. The van der Waals surface area contributed by atoms with E-state index in [-0.39, 0.29) is 11.9 Å². The first-order valence-corrected chi connectivity index (χ1v) is 8.97. The van der Waals surface area contributed by atoms with Gasteiger partial charge in [-0.15, -0.1) is 0 Å². The lowest BCUT2D eigenvalue weighted by molar-refractivity contribution is 0.102. The fraction of sp³-hybridized carbons (Fsp3) is 0.227. The van der Waals surface area contributed by atoms with Crippen molar-refractivity contribution in [2.24, 2.45) is 0 Å². The molecule has 1 amide bonds. The highest BCUT2D eigenvalue weighted by atomic mass is 16.1. The lowest BCUT2D eigenvalue weighted by atomic mass is 10.0. The van der Waals surface area contributed by atoms with Crippen LogP contribution in [0, 0.1) is 20.8 Å². The summed E-state index contributed by atoms with van der Waals surface area (Å²) in [5.74, 6) is 0.276. The average Bonchev–Trinajstić information content (AvgIpc) is 2.65. The molecule has 0 aliphatic heterocycles. The molecule has 0 fully saturated rings. The highest BCUT2D eigenvalue weighted by Gasteiger charge is 2.12. The topological polar surface area (TPSA) is 66.9 Å². The van der Waals surface area contributed by atoms with Crippen molar-refractivity contribution >= 4 is 17.5 Å². The van der Waals surface area contributed by atoms with Crippen LogP contribution in [-0.2, 0) is 0 Å². The first-order valence-electron chi connectivity index (χ1n) is 8.97. The number of rotatable bonds is 5. The Morgan fingerprint density at radius 1 is 0.963 bits per heavy atom. The summed E-state index contributed by atoms with van der Waals surface area (Å²) in [6.45, 7) is 8.07. The van der Waals surface area contributed by atoms with E-state index in [9.17, 15) is 4.79 Å². The Morgan fingerprint density at radius 2 is 1.56 bits per heavy atom. The molecule has 3 rings (SSSR count). The van der Waals surface area contributed by atoms with Crippen molar-refractivity contribution in [3.05, 3.63) is 82.7 Å². The van der Waals surface area contributed by atoms with Crippen LogP contribution in [0.5, 0.6) is 0 Å². The van der Waals surface area contributed by atoms with Crippen LogP contribution in [0.2, 0.25) is 0 Å². The SMILES string of the molecule is Cc1cc(C)c(NC(=O)c2cnc(NC(C)c3ccccc3)nc2)c(C)c1.